The highest BCUT2D eigenvalue weighted by Crippen LogP contribution is 2.47. The van der Waals surface area contributed by atoms with Crippen molar-refractivity contribution in [3.8, 4) is 22.3 Å². The molecule has 0 atom stereocenters. The lowest BCUT2D eigenvalue weighted by Crippen LogP contribution is -2.20. The number of hydrogen-bond acceptors (Lipinski definition) is 5. The molecular weight excluding hydrogens is 539 g/mol. The minimum Gasteiger partial charge on any atom is -0.454 e. The standard InChI is InChI=1S/C30H24Cl2N2O5/c1-30(2)15-24-26(18-6-4-3-5-7-18)27(19-8-10-21(31)11-9-19)28(33(24)17-30)25(35)16-39-29(36)20-12-22(32)14-23(13-20)34(37)38/h3-14H,15-17H2,1-2H3. The Balaban J connectivity index is 1.58. The molecule has 0 saturated heterocycles. The van der Waals surface area contributed by atoms with Crippen LogP contribution in [0.5, 0.6) is 0 Å². The van der Waals surface area contributed by atoms with E-state index in [0.717, 1.165) is 46.5 Å². The lowest BCUT2D eigenvalue weighted by atomic mass is 9.86. The number of non-ortho nitro benzene ring substituents is 1. The molecule has 0 amide bonds. The number of ether oxygens (including phenoxy) is 1. The Labute approximate surface area is 235 Å². The lowest BCUT2D eigenvalue weighted by Gasteiger charge is -2.19. The van der Waals surface area contributed by atoms with Gasteiger partial charge in [-0.15, -0.1) is 0 Å². The molecule has 0 aliphatic carbocycles. The fourth-order valence-electron chi connectivity index (χ4n) is 5.15. The van der Waals surface area contributed by atoms with Gasteiger partial charge in [-0.3, -0.25) is 14.9 Å². The number of nitrogens with zero attached hydrogens (tertiary/aromatic N) is 2. The second kappa shape index (κ2) is 10.3. The smallest absolute Gasteiger partial charge is 0.338 e. The maximum absolute atomic E-state index is 13.8. The number of benzene rings is 3. The number of rotatable bonds is 7. The van der Waals surface area contributed by atoms with Gasteiger partial charge in [0.05, 0.1) is 16.2 Å². The summed E-state index contributed by atoms with van der Waals surface area (Å²) < 4.78 is 7.40. The van der Waals surface area contributed by atoms with Gasteiger partial charge < -0.3 is 9.30 Å². The van der Waals surface area contributed by atoms with E-state index < -0.39 is 17.5 Å². The second-order valence-corrected chi connectivity index (χ2v) is 11.2. The Morgan fingerprint density at radius 3 is 2.28 bits per heavy atom. The van der Waals surface area contributed by atoms with Crippen molar-refractivity contribution in [2.75, 3.05) is 6.61 Å². The van der Waals surface area contributed by atoms with Crippen molar-refractivity contribution >= 4 is 40.6 Å². The number of carbonyl (C=O) groups is 2. The Kier molecular flexibility index (Phi) is 7.05. The summed E-state index contributed by atoms with van der Waals surface area (Å²) in [5.41, 5.74) is 4.47. The highest BCUT2D eigenvalue weighted by molar-refractivity contribution is 6.31. The highest BCUT2D eigenvalue weighted by Gasteiger charge is 2.38. The van der Waals surface area contributed by atoms with Crippen molar-refractivity contribution in [2.45, 2.75) is 26.8 Å². The number of nitro groups is 1. The third-order valence-electron chi connectivity index (χ3n) is 6.73. The number of hydrogen-bond donors (Lipinski definition) is 0. The Hall–Kier alpha value is -3.94. The number of nitro benzene ring substituents is 1. The quantitative estimate of drug-likeness (QED) is 0.0997. The first-order valence-corrected chi connectivity index (χ1v) is 13.0. The predicted molar refractivity (Wildman–Crippen MR) is 151 cm³/mol. The van der Waals surface area contributed by atoms with Crippen molar-refractivity contribution in [3.05, 3.63) is 110 Å². The van der Waals surface area contributed by atoms with E-state index in [9.17, 15) is 19.7 Å². The summed E-state index contributed by atoms with van der Waals surface area (Å²) in [6.45, 7) is 4.37. The number of ketones is 1. The van der Waals surface area contributed by atoms with Gasteiger partial charge in [-0.05, 0) is 41.2 Å². The zero-order valence-corrected chi connectivity index (χ0v) is 22.8. The third kappa shape index (κ3) is 5.33. The average Bonchev–Trinajstić information content (AvgIpc) is 3.37. The van der Waals surface area contributed by atoms with Gasteiger partial charge in [0, 0.05) is 45.5 Å². The summed E-state index contributed by atoms with van der Waals surface area (Å²) in [7, 11) is 0. The summed E-state index contributed by atoms with van der Waals surface area (Å²) in [5, 5.41) is 11.8. The molecule has 2 heterocycles. The van der Waals surface area contributed by atoms with Gasteiger partial charge in [-0.1, -0.05) is 79.5 Å². The van der Waals surface area contributed by atoms with E-state index in [1.54, 1.807) is 12.1 Å². The van der Waals surface area contributed by atoms with Crippen molar-refractivity contribution < 1.29 is 19.2 Å². The molecule has 0 N–H and O–H groups in total. The SMILES string of the molecule is CC1(C)Cc2c(-c3ccccc3)c(-c3ccc(Cl)cc3)c(C(=O)COC(=O)c3cc(Cl)cc([N+](=O)[O-])c3)n2C1. The monoisotopic (exact) mass is 562 g/mol. The van der Waals surface area contributed by atoms with E-state index in [2.05, 4.69) is 13.8 Å². The fourth-order valence-corrected chi connectivity index (χ4v) is 5.50. The van der Waals surface area contributed by atoms with Crippen LogP contribution >= 0.6 is 23.2 Å². The van der Waals surface area contributed by atoms with Crippen LogP contribution in [0.1, 0.15) is 40.4 Å². The largest absolute Gasteiger partial charge is 0.454 e. The molecule has 0 unspecified atom stereocenters. The summed E-state index contributed by atoms with van der Waals surface area (Å²) in [6, 6.07) is 20.7. The van der Waals surface area contributed by atoms with Crippen molar-refractivity contribution in [3.63, 3.8) is 0 Å². The fraction of sp³-hybridized carbons (Fsp3) is 0.200. The number of aromatic nitrogens is 1. The molecule has 39 heavy (non-hydrogen) atoms. The van der Waals surface area contributed by atoms with Gasteiger partial charge >= 0.3 is 5.97 Å². The van der Waals surface area contributed by atoms with Gasteiger partial charge in [-0.25, -0.2) is 4.79 Å². The van der Waals surface area contributed by atoms with Crippen molar-refractivity contribution in [2.24, 2.45) is 5.41 Å². The molecule has 0 spiro atoms. The van der Waals surface area contributed by atoms with E-state index in [0.29, 0.717) is 17.3 Å². The van der Waals surface area contributed by atoms with Crippen molar-refractivity contribution in [1.82, 2.24) is 4.57 Å². The maximum Gasteiger partial charge on any atom is 0.338 e. The minimum atomic E-state index is -0.876. The van der Waals surface area contributed by atoms with E-state index in [1.807, 2.05) is 47.0 Å². The number of carbonyl (C=O) groups excluding carboxylic acids is 2. The molecule has 7 nitrogen and oxygen atoms in total. The van der Waals surface area contributed by atoms with Gasteiger partial charge in [0.1, 0.15) is 0 Å². The number of Topliss-reactive ketones (excluding diaryl/α,β-unsaturated/α-hetero) is 1. The summed E-state index contributed by atoms with van der Waals surface area (Å²) in [6.07, 6.45) is 0.761. The average molecular weight is 563 g/mol. The first-order chi connectivity index (χ1) is 18.5. The normalized spacial score (nSPS) is 13.6. The second-order valence-electron chi connectivity index (χ2n) is 10.3. The zero-order valence-electron chi connectivity index (χ0n) is 21.2. The number of halogens is 2. The van der Waals surface area contributed by atoms with Gasteiger partial charge in [0.2, 0.25) is 5.78 Å². The Morgan fingerprint density at radius 2 is 1.62 bits per heavy atom. The molecule has 1 aliphatic heterocycles. The van der Waals surface area contributed by atoms with Crippen molar-refractivity contribution in [1.29, 1.82) is 0 Å². The first kappa shape index (κ1) is 26.7. The summed E-state index contributed by atoms with van der Waals surface area (Å²) in [4.78, 5) is 37.2. The Morgan fingerprint density at radius 1 is 0.949 bits per heavy atom. The minimum absolute atomic E-state index is 0.0200. The zero-order chi connectivity index (χ0) is 27.9. The predicted octanol–water partition coefficient (Wildman–Crippen LogP) is 7.66. The van der Waals surface area contributed by atoms with Crippen LogP contribution in [0.4, 0.5) is 5.69 Å². The Bertz CT molecular complexity index is 1610. The topological polar surface area (TPSA) is 91.4 Å². The van der Waals surface area contributed by atoms with Crippen LogP contribution in [-0.4, -0.2) is 27.8 Å². The molecule has 9 heteroatoms. The summed E-state index contributed by atoms with van der Waals surface area (Å²) >= 11 is 12.1. The molecule has 0 radical (unpaired) electrons. The molecule has 1 aromatic heterocycles. The first-order valence-electron chi connectivity index (χ1n) is 12.3. The van der Waals surface area contributed by atoms with E-state index >= 15 is 0 Å². The molecule has 5 rings (SSSR count). The molecule has 0 bridgehead atoms. The van der Waals surface area contributed by atoms with Crippen LogP contribution in [0.3, 0.4) is 0 Å². The molecular formula is C30H24Cl2N2O5. The van der Waals surface area contributed by atoms with Gasteiger partial charge in [-0.2, -0.15) is 0 Å². The van der Waals surface area contributed by atoms with Crippen LogP contribution < -0.4 is 0 Å². The van der Waals surface area contributed by atoms with E-state index in [1.165, 1.54) is 6.07 Å². The van der Waals surface area contributed by atoms with E-state index in [4.69, 9.17) is 27.9 Å². The van der Waals surface area contributed by atoms with Crippen LogP contribution in [-0.2, 0) is 17.7 Å². The lowest BCUT2D eigenvalue weighted by molar-refractivity contribution is -0.384. The molecule has 4 aromatic rings. The molecule has 0 saturated carbocycles. The van der Waals surface area contributed by atoms with Crippen LogP contribution in [0.25, 0.3) is 22.3 Å². The van der Waals surface area contributed by atoms with Gasteiger partial charge in [0.25, 0.3) is 5.69 Å². The molecule has 1 aliphatic rings. The molecule has 0 fully saturated rings. The van der Waals surface area contributed by atoms with Gasteiger partial charge in [0.15, 0.2) is 6.61 Å². The third-order valence-corrected chi connectivity index (χ3v) is 7.20. The molecule has 198 valence electrons. The number of fused-ring (bicyclic) bond motifs is 1. The van der Waals surface area contributed by atoms with Crippen LogP contribution in [0, 0.1) is 15.5 Å². The summed E-state index contributed by atoms with van der Waals surface area (Å²) in [5.74, 6) is -1.26. The highest BCUT2D eigenvalue weighted by atomic mass is 35.5. The van der Waals surface area contributed by atoms with Crippen LogP contribution in [0.15, 0.2) is 72.8 Å². The number of esters is 1. The van der Waals surface area contributed by atoms with Crippen LogP contribution in [0.2, 0.25) is 10.0 Å². The molecule has 3 aromatic carbocycles. The van der Waals surface area contributed by atoms with E-state index in [-0.39, 0.29) is 27.5 Å². The maximum atomic E-state index is 13.8.